The summed E-state index contributed by atoms with van der Waals surface area (Å²) in [5, 5.41) is 5.74. The molecule has 92 valence electrons. The van der Waals surface area contributed by atoms with Crippen LogP contribution in [0.2, 0.25) is 0 Å². The molecule has 17 heavy (non-hydrogen) atoms. The molecule has 0 heterocycles. The van der Waals surface area contributed by atoms with Crippen molar-refractivity contribution in [2.45, 2.75) is 26.2 Å². The molecule has 2 rings (SSSR count). The van der Waals surface area contributed by atoms with E-state index in [1.54, 1.807) is 12.1 Å². The van der Waals surface area contributed by atoms with E-state index in [0.29, 0.717) is 17.3 Å². The largest absolute Gasteiger partial charge is 0.382 e. The van der Waals surface area contributed by atoms with E-state index in [1.165, 1.54) is 32.3 Å². The molecule has 0 radical (unpaired) electrons. The van der Waals surface area contributed by atoms with Crippen LogP contribution in [0.5, 0.6) is 0 Å². The minimum Gasteiger partial charge on any atom is -0.382 e. The van der Waals surface area contributed by atoms with Gasteiger partial charge in [-0.1, -0.05) is 6.42 Å². The van der Waals surface area contributed by atoms with Crippen LogP contribution in [0, 0.1) is 11.7 Å². The zero-order valence-electron chi connectivity index (χ0n) is 9.92. The van der Waals surface area contributed by atoms with Crippen molar-refractivity contribution >= 4 is 17.3 Å². The van der Waals surface area contributed by atoms with E-state index in [0.717, 1.165) is 6.54 Å². The standard InChI is InChI=1S/C13H17FN2O/c1-9(17)16-11-5-6-12(14)13(7-11)15-8-10-3-2-4-10/h5-7,10,15H,2-4,8H2,1H3,(H,16,17). The van der Waals surface area contributed by atoms with Gasteiger partial charge in [-0.15, -0.1) is 0 Å². The first-order valence-electron chi connectivity index (χ1n) is 5.96. The first-order valence-corrected chi connectivity index (χ1v) is 5.96. The summed E-state index contributed by atoms with van der Waals surface area (Å²) < 4.78 is 13.5. The maximum Gasteiger partial charge on any atom is 0.221 e. The number of anilines is 2. The molecule has 1 aliphatic rings. The minimum atomic E-state index is -0.279. The molecular formula is C13H17FN2O. The fourth-order valence-corrected chi connectivity index (χ4v) is 1.89. The topological polar surface area (TPSA) is 41.1 Å². The second kappa shape index (κ2) is 5.17. The van der Waals surface area contributed by atoms with Crippen LogP contribution in [-0.2, 0) is 4.79 Å². The number of carbonyl (C=O) groups is 1. The molecular weight excluding hydrogens is 219 g/mol. The Kier molecular flexibility index (Phi) is 3.61. The van der Waals surface area contributed by atoms with Gasteiger partial charge in [-0.2, -0.15) is 0 Å². The van der Waals surface area contributed by atoms with E-state index < -0.39 is 0 Å². The Morgan fingerprint density at radius 1 is 1.47 bits per heavy atom. The minimum absolute atomic E-state index is 0.151. The fourth-order valence-electron chi connectivity index (χ4n) is 1.89. The number of nitrogens with one attached hydrogen (secondary N) is 2. The van der Waals surface area contributed by atoms with Gasteiger partial charge in [0.05, 0.1) is 5.69 Å². The smallest absolute Gasteiger partial charge is 0.221 e. The molecule has 4 heteroatoms. The maximum absolute atomic E-state index is 13.5. The van der Waals surface area contributed by atoms with Crippen molar-refractivity contribution in [1.29, 1.82) is 0 Å². The summed E-state index contributed by atoms with van der Waals surface area (Å²) >= 11 is 0. The number of carbonyl (C=O) groups excluding carboxylic acids is 1. The molecule has 1 fully saturated rings. The van der Waals surface area contributed by atoms with Gasteiger partial charge in [0, 0.05) is 19.2 Å². The Morgan fingerprint density at radius 3 is 2.82 bits per heavy atom. The average Bonchev–Trinajstić information content (AvgIpc) is 2.19. The highest BCUT2D eigenvalue weighted by Gasteiger charge is 2.17. The molecule has 0 bridgehead atoms. The lowest BCUT2D eigenvalue weighted by molar-refractivity contribution is -0.114. The van der Waals surface area contributed by atoms with Gasteiger partial charge in [0.2, 0.25) is 5.91 Å². The quantitative estimate of drug-likeness (QED) is 0.843. The van der Waals surface area contributed by atoms with Gasteiger partial charge in [0.25, 0.3) is 0 Å². The molecule has 0 aromatic heterocycles. The van der Waals surface area contributed by atoms with Crippen molar-refractivity contribution in [1.82, 2.24) is 0 Å². The molecule has 3 nitrogen and oxygen atoms in total. The van der Waals surface area contributed by atoms with Crippen LogP contribution in [0.4, 0.5) is 15.8 Å². The Labute approximate surface area is 100 Å². The van der Waals surface area contributed by atoms with Crippen molar-refractivity contribution in [3.05, 3.63) is 24.0 Å². The highest BCUT2D eigenvalue weighted by Crippen LogP contribution is 2.27. The first kappa shape index (κ1) is 11.9. The van der Waals surface area contributed by atoms with Crippen molar-refractivity contribution in [3.8, 4) is 0 Å². The summed E-state index contributed by atoms with van der Waals surface area (Å²) in [6.07, 6.45) is 3.72. The van der Waals surface area contributed by atoms with E-state index in [-0.39, 0.29) is 11.7 Å². The highest BCUT2D eigenvalue weighted by atomic mass is 19.1. The molecule has 0 aliphatic heterocycles. The number of hydrogen-bond donors (Lipinski definition) is 2. The highest BCUT2D eigenvalue weighted by molar-refractivity contribution is 5.89. The molecule has 0 unspecified atom stereocenters. The van der Waals surface area contributed by atoms with Gasteiger partial charge in [-0.05, 0) is 37.0 Å². The van der Waals surface area contributed by atoms with Crippen LogP contribution in [-0.4, -0.2) is 12.5 Å². The lowest BCUT2D eigenvalue weighted by atomic mass is 9.85. The summed E-state index contributed by atoms with van der Waals surface area (Å²) in [4.78, 5) is 10.9. The summed E-state index contributed by atoms with van der Waals surface area (Å²) in [7, 11) is 0. The molecule has 0 atom stereocenters. The first-order chi connectivity index (χ1) is 8.15. The second-order valence-corrected chi connectivity index (χ2v) is 4.55. The predicted octanol–water partition coefficient (Wildman–Crippen LogP) is 3.00. The van der Waals surface area contributed by atoms with Crippen LogP contribution in [0.15, 0.2) is 18.2 Å². The van der Waals surface area contributed by atoms with Gasteiger partial charge in [0.1, 0.15) is 5.82 Å². The third-order valence-electron chi connectivity index (χ3n) is 3.09. The van der Waals surface area contributed by atoms with E-state index in [2.05, 4.69) is 10.6 Å². The Bertz CT molecular complexity index is 416. The third kappa shape index (κ3) is 3.19. The zero-order chi connectivity index (χ0) is 12.3. The number of amides is 1. The maximum atomic E-state index is 13.5. The third-order valence-corrected chi connectivity index (χ3v) is 3.09. The van der Waals surface area contributed by atoms with Gasteiger partial charge < -0.3 is 10.6 Å². The van der Waals surface area contributed by atoms with Crippen LogP contribution >= 0.6 is 0 Å². The molecule has 0 spiro atoms. The van der Waals surface area contributed by atoms with Crippen LogP contribution in [0.25, 0.3) is 0 Å². The van der Waals surface area contributed by atoms with Crippen molar-refractivity contribution < 1.29 is 9.18 Å². The summed E-state index contributed by atoms with van der Waals surface area (Å²) in [5.41, 5.74) is 1.08. The normalized spacial score (nSPS) is 15.2. The number of rotatable bonds is 4. The van der Waals surface area contributed by atoms with E-state index in [4.69, 9.17) is 0 Å². The Balaban J connectivity index is 2.00. The van der Waals surface area contributed by atoms with Crippen LogP contribution < -0.4 is 10.6 Å². The molecule has 1 aliphatic carbocycles. The lowest BCUT2D eigenvalue weighted by Gasteiger charge is -2.26. The van der Waals surface area contributed by atoms with Gasteiger partial charge >= 0.3 is 0 Å². The molecule has 0 saturated heterocycles. The Morgan fingerprint density at radius 2 is 2.24 bits per heavy atom. The zero-order valence-corrected chi connectivity index (χ0v) is 9.92. The van der Waals surface area contributed by atoms with E-state index in [9.17, 15) is 9.18 Å². The summed E-state index contributed by atoms with van der Waals surface area (Å²) in [6, 6.07) is 4.56. The predicted molar refractivity (Wildman–Crippen MR) is 66.5 cm³/mol. The number of halogens is 1. The average molecular weight is 236 g/mol. The molecule has 1 aromatic carbocycles. The van der Waals surface area contributed by atoms with E-state index >= 15 is 0 Å². The Hall–Kier alpha value is -1.58. The van der Waals surface area contributed by atoms with Crippen molar-refractivity contribution in [2.24, 2.45) is 5.92 Å². The fraction of sp³-hybridized carbons (Fsp3) is 0.462. The number of hydrogen-bond acceptors (Lipinski definition) is 2. The summed E-state index contributed by atoms with van der Waals surface area (Å²) in [5.74, 6) is 0.235. The van der Waals surface area contributed by atoms with Gasteiger partial charge in [-0.25, -0.2) is 4.39 Å². The van der Waals surface area contributed by atoms with E-state index in [1.807, 2.05) is 0 Å². The summed E-state index contributed by atoms with van der Waals surface area (Å²) in [6.45, 7) is 2.24. The molecule has 2 N–H and O–H groups in total. The monoisotopic (exact) mass is 236 g/mol. The molecule has 1 aromatic rings. The lowest BCUT2D eigenvalue weighted by Crippen LogP contribution is -2.21. The second-order valence-electron chi connectivity index (χ2n) is 4.55. The number of benzene rings is 1. The van der Waals surface area contributed by atoms with Crippen LogP contribution in [0.1, 0.15) is 26.2 Å². The van der Waals surface area contributed by atoms with Crippen molar-refractivity contribution in [2.75, 3.05) is 17.2 Å². The van der Waals surface area contributed by atoms with Gasteiger partial charge in [0.15, 0.2) is 0 Å². The molecule has 1 saturated carbocycles. The van der Waals surface area contributed by atoms with Crippen molar-refractivity contribution in [3.63, 3.8) is 0 Å². The van der Waals surface area contributed by atoms with Gasteiger partial charge in [-0.3, -0.25) is 4.79 Å². The van der Waals surface area contributed by atoms with Crippen LogP contribution in [0.3, 0.4) is 0 Å². The SMILES string of the molecule is CC(=O)Nc1ccc(F)c(NCC2CCC2)c1. The molecule has 1 amide bonds.